The molecule has 0 saturated heterocycles. The van der Waals surface area contributed by atoms with Gasteiger partial charge in [0.05, 0.1) is 61.5 Å². The summed E-state index contributed by atoms with van der Waals surface area (Å²) >= 11 is 0. The molecule has 0 aromatic carbocycles. The maximum absolute atomic E-state index is 12.6. The van der Waals surface area contributed by atoms with E-state index in [1.807, 2.05) is 0 Å². The number of nitrogens with zero attached hydrogens (tertiary/aromatic N) is 3. The predicted molar refractivity (Wildman–Crippen MR) is 166 cm³/mol. The topological polar surface area (TPSA) is 210 Å². The Hall–Kier alpha value is -3.34. The molecule has 1 heterocycles. The molecule has 16 heteroatoms. The molecular weight excluding hydrogens is 592 g/mol. The number of carbonyl (C=O) groups excluding carboxylic acids is 2. The zero-order chi connectivity index (χ0) is 34.5. The van der Waals surface area contributed by atoms with Crippen molar-refractivity contribution >= 4 is 35.4 Å². The van der Waals surface area contributed by atoms with E-state index < -0.39 is 47.6 Å². The van der Waals surface area contributed by atoms with Gasteiger partial charge >= 0.3 is 11.9 Å². The fourth-order valence-electron chi connectivity index (χ4n) is 3.86. The van der Waals surface area contributed by atoms with Gasteiger partial charge in [-0.25, -0.2) is 9.59 Å². The summed E-state index contributed by atoms with van der Waals surface area (Å²) in [5.41, 5.74) is 0.129. The second-order valence-corrected chi connectivity index (χ2v) is 13.2. The molecule has 0 aromatic heterocycles. The van der Waals surface area contributed by atoms with Crippen molar-refractivity contribution in [2.75, 3.05) is 46.6 Å². The third-order valence-electron chi connectivity index (χ3n) is 6.61. The zero-order valence-electron chi connectivity index (χ0n) is 28.1. The fourth-order valence-corrected chi connectivity index (χ4v) is 3.86. The lowest BCUT2D eigenvalue weighted by Gasteiger charge is -2.30. The van der Waals surface area contributed by atoms with E-state index in [1.165, 1.54) is 0 Å². The number of hydrogen-bond acceptors (Lipinski definition) is 12. The van der Waals surface area contributed by atoms with Crippen LogP contribution in [0.2, 0.25) is 0 Å². The average molecular weight is 645 g/mol. The summed E-state index contributed by atoms with van der Waals surface area (Å²) in [6.07, 6.45) is 1.08. The van der Waals surface area contributed by atoms with Crippen LogP contribution in [-0.2, 0) is 38.1 Å². The standard InChI is InChI=1S/C29H52N6O10/c1-26(2,44-18-24(38)39)10-12-42-28(5,6)14-22(36)30-16-20-32-33-21(35(9)34-20)17-31-23(37)15-29(7,8)43-13-11-27(3,4)45-19-25(40)41/h10-19H2,1-9H3,(H,30,36)(H,31,37)(H,32,34)(H,38,39)(H,40,41). The number of hydrazine groups is 1. The van der Waals surface area contributed by atoms with Crippen molar-refractivity contribution in [1.29, 1.82) is 0 Å². The van der Waals surface area contributed by atoms with Gasteiger partial charge in [0, 0.05) is 7.05 Å². The molecule has 0 aliphatic carbocycles. The summed E-state index contributed by atoms with van der Waals surface area (Å²) in [7, 11) is 1.71. The Bertz CT molecular complexity index is 1090. The van der Waals surface area contributed by atoms with Crippen LogP contribution in [0.3, 0.4) is 0 Å². The minimum atomic E-state index is -1.04. The lowest BCUT2D eigenvalue weighted by Crippen LogP contribution is -2.52. The second-order valence-electron chi connectivity index (χ2n) is 13.2. The lowest BCUT2D eigenvalue weighted by atomic mass is 10.0. The summed E-state index contributed by atoms with van der Waals surface area (Å²) < 4.78 is 22.4. The summed E-state index contributed by atoms with van der Waals surface area (Å²) in [5, 5.41) is 33.0. The van der Waals surface area contributed by atoms with E-state index >= 15 is 0 Å². The molecule has 1 aliphatic heterocycles. The Morgan fingerprint density at radius 3 is 1.51 bits per heavy atom. The quantitative estimate of drug-likeness (QED) is 0.113. The van der Waals surface area contributed by atoms with Crippen LogP contribution in [-0.4, -0.2) is 120 Å². The van der Waals surface area contributed by atoms with Crippen LogP contribution in [0.1, 0.15) is 81.1 Å². The first-order chi connectivity index (χ1) is 20.6. The molecule has 0 bridgehead atoms. The number of ether oxygens (including phenoxy) is 4. The van der Waals surface area contributed by atoms with Gasteiger partial charge in [0.15, 0.2) is 11.7 Å². The van der Waals surface area contributed by atoms with Gasteiger partial charge in [-0.2, -0.15) is 0 Å². The molecule has 258 valence electrons. The normalized spacial score (nSPS) is 14.3. The van der Waals surface area contributed by atoms with Crippen LogP contribution in [0.25, 0.3) is 0 Å². The molecular formula is C29H52N6O10. The van der Waals surface area contributed by atoms with Crippen molar-refractivity contribution in [3.05, 3.63) is 0 Å². The smallest absolute Gasteiger partial charge is 0.329 e. The summed E-state index contributed by atoms with van der Waals surface area (Å²) in [4.78, 5) is 46.6. The second kappa shape index (κ2) is 17.4. The van der Waals surface area contributed by atoms with Crippen molar-refractivity contribution < 1.29 is 48.3 Å². The molecule has 1 rings (SSSR count). The van der Waals surface area contributed by atoms with Crippen LogP contribution in [0, 0.1) is 0 Å². The molecule has 0 aromatic rings. The number of amidine groups is 2. The van der Waals surface area contributed by atoms with Crippen LogP contribution >= 0.6 is 0 Å². The van der Waals surface area contributed by atoms with Crippen molar-refractivity contribution in [2.24, 2.45) is 10.2 Å². The number of carboxylic acids is 2. The van der Waals surface area contributed by atoms with Crippen molar-refractivity contribution in [3.8, 4) is 0 Å². The van der Waals surface area contributed by atoms with Gasteiger partial charge in [0.1, 0.15) is 13.2 Å². The highest BCUT2D eigenvalue weighted by Crippen LogP contribution is 2.21. The molecule has 16 nitrogen and oxygen atoms in total. The maximum atomic E-state index is 12.6. The number of carbonyl (C=O) groups is 4. The molecule has 1 aliphatic rings. The van der Waals surface area contributed by atoms with Crippen LogP contribution in [0.4, 0.5) is 0 Å². The summed E-state index contributed by atoms with van der Waals surface area (Å²) in [6, 6.07) is 0. The Balaban J connectivity index is 2.45. The first-order valence-corrected chi connectivity index (χ1v) is 14.8. The van der Waals surface area contributed by atoms with Crippen LogP contribution in [0.15, 0.2) is 10.2 Å². The summed E-state index contributed by atoms with van der Waals surface area (Å²) in [6.45, 7) is 14.3. The van der Waals surface area contributed by atoms with E-state index in [2.05, 4.69) is 26.3 Å². The average Bonchev–Trinajstić information content (AvgIpc) is 2.88. The number of nitrogens with one attached hydrogen (secondary N) is 3. The number of rotatable bonds is 22. The summed E-state index contributed by atoms with van der Waals surface area (Å²) in [5.74, 6) is -1.72. The number of likely N-dealkylation sites (N-methyl/N-ethyl adjacent to an activating group) is 1. The van der Waals surface area contributed by atoms with Crippen molar-refractivity contribution in [2.45, 2.75) is 103 Å². The molecule has 0 radical (unpaired) electrons. The Labute approximate surface area is 265 Å². The van der Waals surface area contributed by atoms with Crippen molar-refractivity contribution in [3.63, 3.8) is 0 Å². The third-order valence-corrected chi connectivity index (χ3v) is 6.61. The third kappa shape index (κ3) is 18.3. The number of aliphatic carboxylic acids is 2. The minimum Gasteiger partial charge on any atom is -0.480 e. The van der Waals surface area contributed by atoms with E-state index in [4.69, 9.17) is 29.2 Å². The Kier molecular flexibility index (Phi) is 15.3. The van der Waals surface area contributed by atoms with E-state index in [0.29, 0.717) is 24.5 Å². The zero-order valence-corrected chi connectivity index (χ0v) is 28.1. The highest BCUT2D eigenvalue weighted by atomic mass is 16.5. The molecule has 0 spiro atoms. The highest BCUT2D eigenvalue weighted by Gasteiger charge is 2.28. The van der Waals surface area contributed by atoms with Gasteiger partial charge in [-0.1, -0.05) is 0 Å². The monoisotopic (exact) mass is 644 g/mol. The van der Waals surface area contributed by atoms with E-state index in [-0.39, 0.29) is 51.0 Å². The number of amides is 2. The first kappa shape index (κ1) is 39.7. The highest BCUT2D eigenvalue weighted by molar-refractivity contribution is 5.95. The van der Waals surface area contributed by atoms with Crippen molar-refractivity contribution in [1.82, 2.24) is 21.1 Å². The van der Waals surface area contributed by atoms with Crippen LogP contribution < -0.4 is 16.1 Å². The van der Waals surface area contributed by atoms with E-state index in [0.717, 1.165) is 0 Å². The molecule has 0 atom stereocenters. The van der Waals surface area contributed by atoms with Gasteiger partial charge in [-0.3, -0.25) is 20.0 Å². The number of carboxylic acid groups (broad SMARTS) is 2. The van der Waals surface area contributed by atoms with Gasteiger partial charge in [0.2, 0.25) is 11.8 Å². The van der Waals surface area contributed by atoms with Gasteiger partial charge in [-0.15, -0.1) is 10.2 Å². The van der Waals surface area contributed by atoms with Gasteiger partial charge in [0.25, 0.3) is 0 Å². The van der Waals surface area contributed by atoms with Gasteiger partial charge in [-0.05, 0) is 68.2 Å². The largest absolute Gasteiger partial charge is 0.480 e. The van der Waals surface area contributed by atoms with Crippen LogP contribution in [0.5, 0.6) is 0 Å². The Morgan fingerprint density at radius 2 is 1.11 bits per heavy atom. The number of hydrogen-bond donors (Lipinski definition) is 5. The predicted octanol–water partition coefficient (Wildman–Crippen LogP) is 1.29. The molecule has 45 heavy (non-hydrogen) atoms. The SMILES string of the molecule is CN1NC(CNC(=O)CC(C)(C)OCCC(C)(C)OCC(=O)O)=NN=C1CNC(=O)CC(C)(C)OCCC(C)(C)OCC(=O)O. The molecule has 2 amide bonds. The Morgan fingerprint density at radius 1 is 0.689 bits per heavy atom. The minimum absolute atomic E-state index is 0.0867. The maximum Gasteiger partial charge on any atom is 0.329 e. The fraction of sp³-hybridized carbons (Fsp3) is 0.793. The first-order valence-electron chi connectivity index (χ1n) is 14.8. The molecule has 0 fully saturated rings. The van der Waals surface area contributed by atoms with E-state index in [1.54, 1.807) is 67.4 Å². The van der Waals surface area contributed by atoms with Gasteiger partial charge < -0.3 is 39.8 Å². The molecule has 5 N–H and O–H groups in total. The molecule has 0 unspecified atom stereocenters. The molecule has 0 saturated carbocycles. The lowest BCUT2D eigenvalue weighted by molar-refractivity contribution is -0.150. The van der Waals surface area contributed by atoms with E-state index in [9.17, 15) is 19.2 Å².